The van der Waals surface area contributed by atoms with Crippen LogP contribution in [0.15, 0.2) is 46.2 Å². The molecule has 2 aromatic rings. The van der Waals surface area contributed by atoms with Gasteiger partial charge in [-0.05, 0) is 45.0 Å². The van der Waals surface area contributed by atoms with Gasteiger partial charge in [0, 0.05) is 9.79 Å². The molecular weight excluding hydrogens is 326 g/mol. The molecule has 2 rings (SSSR count). The maximum absolute atomic E-state index is 12.0. The van der Waals surface area contributed by atoms with E-state index in [9.17, 15) is 9.59 Å². The number of carbonyl (C=O) groups excluding carboxylic acids is 2. The molecule has 0 radical (unpaired) electrons. The lowest BCUT2D eigenvalue weighted by atomic mass is 10.2. The van der Waals surface area contributed by atoms with E-state index in [1.54, 1.807) is 26.0 Å². The van der Waals surface area contributed by atoms with Crippen LogP contribution in [0.3, 0.4) is 0 Å². The van der Waals surface area contributed by atoms with Crippen molar-refractivity contribution in [1.82, 2.24) is 4.98 Å². The SMILES string of the molecule is CCOC(=O)c1cc(Sc2ccc(C)cc2)cc(C(=O)OCC)n1. The Morgan fingerprint density at radius 3 is 1.88 bits per heavy atom. The first-order valence-corrected chi connectivity index (χ1v) is 8.46. The molecule has 0 aliphatic carbocycles. The largest absolute Gasteiger partial charge is 0.461 e. The minimum absolute atomic E-state index is 0.0945. The number of hydrogen-bond donors (Lipinski definition) is 0. The van der Waals surface area contributed by atoms with Crippen molar-refractivity contribution in [1.29, 1.82) is 0 Å². The van der Waals surface area contributed by atoms with E-state index in [4.69, 9.17) is 9.47 Å². The second kappa shape index (κ2) is 8.49. The number of pyridine rings is 1. The summed E-state index contributed by atoms with van der Waals surface area (Å²) in [6.45, 7) is 5.93. The molecule has 0 amide bonds. The number of ether oxygens (including phenoxy) is 2. The standard InChI is InChI=1S/C18H19NO4S/c1-4-22-17(20)15-10-14(11-16(19-15)18(21)23-5-2)24-13-8-6-12(3)7-9-13/h6-11H,4-5H2,1-3H3. The first-order valence-electron chi connectivity index (χ1n) is 7.64. The Morgan fingerprint density at radius 1 is 0.917 bits per heavy atom. The molecule has 126 valence electrons. The zero-order valence-corrected chi connectivity index (χ0v) is 14.7. The number of aromatic nitrogens is 1. The number of hydrogen-bond acceptors (Lipinski definition) is 6. The van der Waals surface area contributed by atoms with Crippen LogP contribution in [0.2, 0.25) is 0 Å². The van der Waals surface area contributed by atoms with Crippen molar-refractivity contribution in [3.8, 4) is 0 Å². The van der Waals surface area contributed by atoms with Crippen LogP contribution in [0.25, 0.3) is 0 Å². The van der Waals surface area contributed by atoms with Gasteiger partial charge in [0.15, 0.2) is 0 Å². The van der Waals surface area contributed by atoms with Crippen LogP contribution in [-0.4, -0.2) is 30.1 Å². The molecule has 1 aromatic carbocycles. The summed E-state index contributed by atoms with van der Waals surface area (Å²) in [6.07, 6.45) is 0. The Morgan fingerprint density at radius 2 is 1.42 bits per heavy atom. The van der Waals surface area contributed by atoms with Crippen molar-refractivity contribution >= 4 is 23.7 Å². The lowest BCUT2D eigenvalue weighted by Crippen LogP contribution is -2.13. The molecule has 0 atom stereocenters. The van der Waals surface area contributed by atoms with Crippen LogP contribution in [0.4, 0.5) is 0 Å². The summed E-state index contributed by atoms with van der Waals surface area (Å²) >= 11 is 1.44. The lowest BCUT2D eigenvalue weighted by molar-refractivity contribution is 0.0511. The number of rotatable bonds is 6. The molecule has 0 saturated carbocycles. The average molecular weight is 345 g/mol. The molecule has 5 nitrogen and oxygen atoms in total. The van der Waals surface area contributed by atoms with E-state index in [2.05, 4.69) is 4.98 Å². The number of nitrogens with zero attached hydrogens (tertiary/aromatic N) is 1. The van der Waals surface area contributed by atoms with Crippen molar-refractivity contribution in [3.05, 3.63) is 53.3 Å². The molecule has 0 saturated heterocycles. The summed E-state index contributed by atoms with van der Waals surface area (Å²) in [4.78, 5) is 29.7. The predicted octanol–water partition coefficient (Wildman–Crippen LogP) is 3.89. The van der Waals surface area contributed by atoms with E-state index in [-0.39, 0.29) is 24.6 Å². The smallest absolute Gasteiger partial charge is 0.356 e. The van der Waals surface area contributed by atoms with Gasteiger partial charge in [0.2, 0.25) is 0 Å². The highest BCUT2D eigenvalue weighted by Crippen LogP contribution is 2.29. The van der Waals surface area contributed by atoms with Crippen LogP contribution in [0.5, 0.6) is 0 Å². The fourth-order valence-electron chi connectivity index (χ4n) is 1.93. The average Bonchev–Trinajstić information content (AvgIpc) is 2.57. The molecule has 6 heteroatoms. The molecule has 0 fully saturated rings. The quantitative estimate of drug-likeness (QED) is 0.740. The third kappa shape index (κ3) is 4.83. The first kappa shape index (κ1) is 18.0. The van der Waals surface area contributed by atoms with Gasteiger partial charge in [-0.1, -0.05) is 29.5 Å². The van der Waals surface area contributed by atoms with E-state index in [1.165, 1.54) is 11.8 Å². The highest BCUT2D eigenvalue weighted by Gasteiger charge is 2.17. The molecule has 0 aliphatic rings. The highest BCUT2D eigenvalue weighted by atomic mass is 32.2. The second-order valence-corrected chi connectivity index (χ2v) is 6.08. The lowest BCUT2D eigenvalue weighted by Gasteiger charge is -2.08. The van der Waals surface area contributed by atoms with Crippen molar-refractivity contribution in [2.24, 2.45) is 0 Å². The van der Waals surface area contributed by atoms with Gasteiger partial charge in [-0.2, -0.15) is 0 Å². The predicted molar refractivity (Wildman–Crippen MR) is 91.5 cm³/mol. The summed E-state index contributed by atoms with van der Waals surface area (Å²) in [5, 5.41) is 0. The summed E-state index contributed by atoms with van der Waals surface area (Å²) in [5.41, 5.74) is 1.35. The Kier molecular flexibility index (Phi) is 6.37. The van der Waals surface area contributed by atoms with E-state index in [1.807, 2.05) is 31.2 Å². The van der Waals surface area contributed by atoms with E-state index in [0.29, 0.717) is 0 Å². The fraction of sp³-hybridized carbons (Fsp3) is 0.278. The Bertz CT molecular complexity index is 692. The Hall–Kier alpha value is -2.34. The van der Waals surface area contributed by atoms with Crippen LogP contribution in [0, 0.1) is 6.92 Å². The van der Waals surface area contributed by atoms with Gasteiger partial charge in [-0.25, -0.2) is 14.6 Å². The first-order chi connectivity index (χ1) is 11.5. The normalized spacial score (nSPS) is 10.3. The summed E-state index contributed by atoms with van der Waals surface area (Å²) < 4.78 is 9.96. The molecule has 0 N–H and O–H groups in total. The van der Waals surface area contributed by atoms with Crippen LogP contribution in [0.1, 0.15) is 40.4 Å². The van der Waals surface area contributed by atoms with Gasteiger partial charge in [-0.15, -0.1) is 0 Å². The summed E-state index contributed by atoms with van der Waals surface area (Å²) in [7, 11) is 0. The van der Waals surface area contributed by atoms with Gasteiger partial charge in [0.05, 0.1) is 13.2 Å². The van der Waals surface area contributed by atoms with Gasteiger partial charge < -0.3 is 9.47 Å². The van der Waals surface area contributed by atoms with Crippen LogP contribution < -0.4 is 0 Å². The van der Waals surface area contributed by atoms with Gasteiger partial charge >= 0.3 is 11.9 Å². The minimum atomic E-state index is -0.561. The van der Waals surface area contributed by atoms with E-state index >= 15 is 0 Å². The van der Waals surface area contributed by atoms with Crippen molar-refractivity contribution < 1.29 is 19.1 Å². The van der Waals surface area contributed by atoms with Gasteiger partial charge in [-0.3, -0.25) is 0 Å². The third-order valence-electron chi connectivity index (χ3n) is 3.02. The molecule has 0 unspecified atom stereocenters. The Labute approximate surface area is 145 Å². The van der Waals surface area contributed by atoms with E-state index in [0.717, 1.165) is 15.4 Å². The maximum atomic E-state index is 12.0. The molecule has 1 heterocycles. The van der Waals surface area contributed by atoms with Crippen molar-refractivity contribution in [2.75, 3.05) is 13.2 Å². The topological polar surface area (TPSA) is 65.5 Å². The maximum Gasteiger partial charge on any atom is 0.356 e. The number of esters is 2. The molecule has 0 spiro atoms. The number of carbonyl (C=O) groups is 2. The van der Waals surface area contributed by atoms with Crippen molar-refractivity contribution in [3.63, 3.8) is 0 Å². The zero-order chi connectivity index (χ0) is 17.5. The second-order valence-electron chi connectivity index (χ2n) is 4.93. The Balaban J connectivity index is 2.35. The fourth-order valence-corrected chi connectivity index (χ4v) is 2.81. The monoisotopic (exact) mass is 345 g/mol. The highest BCUT2D eigenvalue weighted by molar-refractivity contribution is 7.99. The molecule has 0 aliphatic heterocycles. The van der Waals surface area contributed by atoms with E-state index < -0.39 is 11.9 Å². The van der Waals surface area contributed by atoms with Gasteiger partial charge in [0.25, 0.3) is 0 Å². The molecule has 1 aromatic heterocycles. The van der Waals surface area contributed by atoms with Crippen LogP contribution >= 0.6 is 11.8 Å². The third-order valence-corrected chi connectivity index (χ3v) is 4.00. The molecule has 24 heavy (non-hydrogen) atoms. The minimum Gasteiger partial charge on any atom is -0.461 e. The number of aryl methyl sites for hydroxylation is 1. The molecule has 0 bridgehead atoms. The summed E-state index contributed by atoms with van der Waals surface area (Å²) in [5.74, 6) is -1.12. The van der Waals surface area contributed by atoms with Crippen LogP contribution in [-0.2, 0) is 9.47 Å². The molecular formula is C18H19NO4S. The van der Waals surface area contributed by atoms with Gasteiger partial charge in [0.1, 0.15) is 11.4 Å². The van der Waals surface area contributed by atoms with Crippen molar-refractivity contribution in [2.45, 2.75) is 30.6 Å². The zero-order valence-electron chi connectivity index (χ0n) is 13.9. The summed E-state index contributed by atoms with van der Waals surface area (Å²) in [6, 6.07) is 11.2. The number of benzene rings is 1.